The van der Waals surface area contributed by atoms with Crippen molar-refractivity contribution in [3.8, 4) is 0 Å². The molecule has 78 valence electrons. The lowest BCUT2D eigenvalue weighted by atomic mass is 10.1. The zero-order valence-corrected chi connectivity index (χ0v) is 9.58. The normalized spacial score (nSPS) is 10.5. The second-order valence-corrected chi connectivity index (χ2v) is 4.31. The molecule has 0 atom stereocenters. The molecule has 1 aromatic rings. The SMILES string of the molecule is C[N+](C)(C)Cc1ccc(C=O)cc1.[Cl-]. The second-order valence-electron chi connectivity index (χ2n) is 4.31. The van der Waals surface area contributed by atoms with Crippen LogP contribution < -0.4 is 12.4 Å². The number of carbonyl (C=O) groups excluding carboxylic acids is 1. The number of halogens is 1. The van der Waals surface area contributed by atoms with Gasteiger partial charge in [0.05, 0.1) is 21.1 Å². The van der Waals surface area contributed by atoms with E-state index in [0.717, 1.165) is 22.9 Å². The fourth-order valence-corrected chi connectivity index (χ4v) is 1.25. The molecule has 0 unspecified atom stereocenters. The molecule has 0 bridgehead atoms. The van der Waals surface area contributed by atoms with Gasteiger partial charge in [0.2, 0.25) is 0 Å². The maximum Gasteiger partial charge on any atom is 0.150 e. The number of quaternary nitrogens is 1. The number of hydrogen-bond donors (Lipinski definition) is 0. The Balaban J connectivity index is 0.00000169. The van der Waals surface area contributed by atoms with Crippen molar-refractivity contribution < 1.29 is 21.7 Å². The second kappa shape index (κ2) is 5.13. The smallest absolute Gasteiger partial charge is 0.150 e. The molecule has 0 aromatic heterocycles. The van der Waals surface area contributed by atoms with E-state index < -0.39 is 0 Å². The largest absolute Gasteiger partial charge is 1.00 e. The Morgan fingerprint density at radius 2 is 1.64 bits per heavy atom. The summed E-state index contributed by atoms with van der Waals surface area (Å²) in [5, 5.41) is 0. The van der Waals surface area contributed by atoms with Crippen LogP contribution in [0.15, 0.2) is 24.3 Å². The Kier molecular flexibility index (Phi) is 4.81. The molecular weight excluding hydrogens is 198 g/mol. The zero-order valence-electron chi connectivity index (χ0n) is 8.83. The molecule has 1 rings (SSSR count). The van der Waals surface area contributed by atoms with E-state index in [1.165, 1.54) is 5.56 Å². The van der Waals surface area contributed by atoms with E-state index >= 15 is 0 Å². The van der Waals surface area contributed by atoms with Crippen LogP contribution in [0.5, 0.6) is 0 Å². The molecule has 0 aliphatic heterocycles. The molecule has 0 aliphatic carbocycles. The Labute approximate surface area is 91.5 Å². The summed E-state index contributed by atoms with van der Waals surface area (Å²) in [4.78, 5) is 10.4. The number of rotatable bonds is 3. The number of nitrogens with zero attached hydrogens (tertiary/aromatic N) is 1. The summed E-state index contributed by atoms with van der Waals surface area (Å²) in [6, 6.07) is 7.73. The first-order valence-electron chi connectivity index (χ1n) is 4.36. The van der Waals surface area contributed by atoms with Crippen LogP contribution in [0.1, 0.15) is 15.9 Å². The van der Waals surface area contributed by atoms with Gasteiger partial charge in [-0.05, 0) is 0 Å². The van der Waals surface area contributed by atoms with E-state index in [-0.39, 0.29) is 12.4 Å². The highest BCUT2D eigenvalue weighted by molar-refractivity contribution is 5.74. The van der Waals surface area contributed by atoms with Crippen molar-refractivity contribution in [2.24, 2.45) is 0 Å². The van der Waals surface area contributed by atoms with Gasteiger partial charge < -0.3 is 16.9 Å². The molecule has 0 saturated carbocycles. The van der Waals surface area contributed by atoms with Gasteiger partial charge >= 0.3 is 0 Å². The molecule has 0 amide bonds. The average molecular weight is 214 g/mol. The van der Waals surface area contributed by atoms with E-state index in [1.54, 1.807) is 0 Å². The van der Waals surface area contributed by atoms with Crippen LogP contribution in [0.25, 0.3) is 0 Å². The van der Waals surface area contributed by atoms with Crippen LogP contribution in [0.4, 0.5) is 0 Å². The first kappa shape index (κ1) is 13.1. The summed E-state index contributed by atoms with van der Waals surface area (Å²) < 4.78 is 0.903. The summed E-state index contributed by atoms with van der Waals surface area (Å²) >= 11 is 0. The maximum absolute atomic E-state index is 10.4. The molecule has 0 spiro atoms. The first-order chi connectivity index (χ1) is 6.01. The van der Waals surface area contributed by atoms with Gasteiger partial charge in [-0.15, -0.1) is 0 Å². The van der Waals surface area contributed by atoms with Crippen molar-refractivity contribution in [1.29, 1.82) is 0 Å². The Morgan fingerprint density at radius 3 is 2.00 bits per heavy atom. The molecule has 0 heterocycles. The minimum absolute atomic E-state index is 0. The molecule has 14 heavy (non-hydrogen) atoms. The van der Waals surface area contributed by atoms with Crippen molar-refractivity contribution in [2.45, 2.75) is 6.54 Å². The summed E-state index contributed by atoms with van der Waals surface area (Å²) in [6.07, 6.45) is 0.871. The third kappa shape index (κ3) is 4.40. The van der Waals surface area contributed by atoms with Crippen molar-refractivity contribution in [1.82, 2.24) is 0 Å². The van der Waals surface area contributed by atoms with Crippen LogP contribution in [0, 0.1) is 0 Å². The highest BCUT2D eigenvalue weighted by Crippen LogP contribution is 2.07. The van der Waals surface area contributed by atoms with Crippen LogP contribution in [0.2, 0.25) is 0 Å². The summed E-state index contributed by atoms with van der Waals surface area (Å²) in [7, 11) is 6.44. The minimum atomic E-state index is 0. The number of hydrogen-bond acceptors (Lipinski definition) is 1. The lowest BCUT2D eigenvalue weighted by molar-refractivity contribution is -0.884. The molecular formula is C11H16ClNO. The number of benzene rings is 1. The fourth-order valence-electron chi connectivity index (χ4n) is 1.25. The molecule has 0 aliphatic rings. The van der Waals surface area contributed by atoms with Crippen molar-refractivity contribution in [2.75, 3.05) is 21.1 Å². The van der Waals surface area contributed by atoms with Crippen LogP contribution in [-0.4, -0.2) is 31.9 Å². The standard InChI is InChI=1S/C11H16NO.ClH/c1-12(2,3)8-10-4-6-11(9-13)7-5-10;/h4-7,9H,8H2,1-3H3;1H/q+1;/p-1. The third-order valence-electron chi connectivity index (χ3n) is 1.77. The zero-order chi connectivity index (χ0) is 9.90. The molecule has 0 saturated heterocycles. The van der Waals surface area contributed by atoms with Crippen LogP contribution in [-0.2, 0) is 6.54 Å². The number of aldehydes is 1. The van der Waals surface area contributed by atoms with E-state index in [9.17, 15) is 4.79 Å². The summed E-state index contributed by atoms with van der Waals surface area (Å²) in [5.74, 6) is 0. The van der Waals surface area contributed by atoms with Crippen LogP contribution >= 0.6 is 0 Å². The molecule has 2 nitrogen and oxygen atoms in total. The molecule has 0 radical (unpaired) electrons. The van der Waals surface area contributed by atoms with E-state index in [1.807, 2.05) is 24.3 Å². The van der Waals surface area contributed by atoms with Gasteiger partial charge in [0, 0.05) is 11.1 Å². The lowest BCUT2D eigenvalue weighted by Crippen LogP contribution is -3.00. The molecule has 0 N–H and O–H groups in total. The topological polar surface area (TPSA) is 17.1 Å². The van der Waals surface area contributed by atoms with Gasteiger partial charge in [0.1, 0.15) is 12.8 Å². The van der Waals surface area contributed by atoms with Gasteiger partial charge in [0.25, 0.3) is 0 Å². The van der Waals surface area contributed by atoms with Gasteiger partial charge in [-0.1, -0.05) is 24.3 Å². The van der Waals surface area contributed by atoms with Crippen molar-refractivity contribution >= 4 is 6.29 Å². The minimum Gasteiger partial charge on any atom is -1.00 e. The lowest BCUT2D eigenvalue weighted by Gasteiger charge is -2.23. The Morgan fingerprint density at radius 1 is 1.14 bits per heavy atom. The van der Waals surface area contributed by atoms with E-state index in [0.29, 0.717) is 0 Å². The quantitative estimate of drug-likeness (QED) is 0.451. The maximum atomic E-state index is 10.4. The van der Waals surface area contributed by atoms with Crippen LogP contribution in [0.3, 0.4) is 0 Å². The Bertz CT molecular complexity index is 287. The molecule has 1 aromatic carbocycles. The predicted molar refractivity (Wildman–Crippen MR) is 53.6 cm³/mol. The summed E-state index contributed by atoms with van der Waals surface area (Å²) in [5.41, 5.74) is 2.00. The van der Waals surface area contributed by atoms with E-state index in [2.05, 4.69) is 21.1 Å². The van der Waals surface area contributed by atoms with Crippen molar-refractivity contribution in [3.05, 3.63) is 35.4 Å². The monoisotopic (exact) mass is 213 g/mol. The highest BCUT2D eigenvalue weighted by Gasteiger charge is 2.07. The highest BCUT2D eigenvalue weighted by atomic mass is 35.5. The van der Waals surface area contributed by atoms with Gasteiger partial charge in [-0.2, -0.15) is 0 Å². The molecule has 0 fully saturated rings. The van der Waals surface area contributed by atoms with Gasteiger partial charge in [0.15, 0.2) is 0 Å². The first-order valence-corrected chi connectivity index (χ1v) is 4.36. The Hall–Kier alpha value is -0.860. The predicted octanol–water partition coefficient (Wildman–Crippen LogP) is -1.29. The summed E-state index contributed by atoms with van der Waals surface area (Å²) in [6.45, 7) is 0.985. The van der Waals surface area contributed by atoms with E-state index in [4.69, 9.17) is 0 Å². The number of carbonyl (C=O) groups is 1. The third-order valence-corrected chi connectivity index (χ3v) is 1.77. The van der Waals surface area contributed by atoms with Gasteiger partial charge in [-0.3, -0.25) is 4.79 Å². The average Bonchev–Trinajstić information content (AvgIpc) is 2.03. The van der Waals surface area contributed by atoms with Crippen molar-refractivity contribution in [3.63, 3.8) is 0 Å². The fraction of sp³-hybridized carbons (Fsp3) is 0.364. The van der Waals surface area contributed by atoms with Gasteiger partial charge in [-0.25, -0.2) is 0 Å². The molecule has 3 heteroatoms.